The fourth-order valence-corrected chi connectivity index (χ4v) is 3.31. The molecular formula is C15H19N3O2. The van der Waals surface area contributed by atoms with Gasteiger partial charge in [0, 0.05) is 31.5 Å². The average Bonchev–Trinajstić information content (AvgIpc) is 2.96. The van der Waals surface area contributed by atoms with E-state index in [0.29, 0.717) is 18.7 Å². The molecule has 2 amide bonds. The Kier molecular flexibility index (Phi) is 3.00. The van der Waals surface area contributed by atoms with Crippen LogP contribution in [0.15, 0.2) is 18.3 Å². The first-order valence-electron chi connectivity index (χ1n) is 7.03. The number of hydrogen-bond acceptors (Lipinski definition) is 3. The molecule has 0 saturated carbocycles. The molecule has 1 aromatic rings. The van der Waals surface area contributed by atoms with Crippen molar-refractivity contribution < 1.29 is 9.59 Å². The monoisotopic (exact) mass is 273 g/mol. The van der Waals surface area contributed by atoms with Crippen LogP contribution >= 0.6 is 0 Å². The van der Waals surface area contributed by atoms with E-state index in [0.717, 1.165) is 18.7 Å². The molecule has 3 rings (SSSR count). The Labute approximate surface area is 118 Å². The SMILES string of the molecule is Cc1ccc(C(=O)N2C[C@@H](C)[C@@]3(CCNC3=O)C2)cn1. The largest absolute Gasteiger partial charge is 0.356 e. The zero-order chi connectivity index (χ0) is 14.3. The first-order valence-corrected chi connectivity index (χ1v) is 7.03. The van der Waals surface area contributed by atoms with Crippen molar-refractivity contribution in [3.05, 3.63) is 29.6 Å². The molecule has 1 aromatic heterocycles. The summed E-state index contributed by atoms with van der Waals surface area (Å²) in [5.74, 6) is 0.274. The number of pyridine rings is 1. The predicted molar refractivity (Wildman–Crippen MR) is 74.1 cm³/mol. The van der Waals surface area contributed by atoms with Gasteiger partial charge in [-0.2, -0.15) is 0 Å². The highest BCUT2D eigenvalue weighted by atomic mass is 16.2. The van der Waals surface area contributed by atoms with Gasteiger partial charge in [0.15, 0.2) is 0 Å². The summed E-state index contributed by atoms with van der Waals surface area (Å²) in [6.45, 7) is 5.83. The molecule has 20 heavy (non-hydrogen) atoms. The van der Waals surface area contributed by atoms with E-state index in [2.05, 4.69) is 17.2 Å². The third-order valence-electron chi connectivity index (χ3n) is 4.66. The smallest absolute Gasteiger partial charge is 0.255 e. The highest BCUT2D eigenvalue weighted by Gasteiger charge is 2.53. The van der Waals surface area contributed by atoms with Gasteiger partial charge in [0.25, 0.3) is 5.91 Å². The van der Waals surface area contributed by atoms with Gasteiger partial charge < -0.3 is 10.2 Å². The Morgan fingerprint density at radius 2 is 2.30 bits per heavy atom. The number of hydrogen-bond donors (Lipinski definition) is 1. The predicted octanol–water partition coefficient (Wildman–Crippen LogP) is 0.988. The average molecular weight is 273 g/mol. The summed E-state index contributed by atoms with van der Waals surface area (Å²) in [5, 5.41) is 2.90. The summed E-state index contributed by atoms with van der Waals surface area (Å²) in [4.78, 5) is 30.6. The van der Waals surface area contributed by atoms with E-state index in [1.807, 2.05) is 13.0 Å². The van der Waals surface area contributed by atoms with Crippen molar-refractivity contribution in [3.8, 4) is 0 Å². The maximum Gasteiger partial charge on any atom is 0.255 e. The normalized spacial score (nSPS) is 29.0. The molecule has 0 aromatic carbocycles. The minimum Gasteiger partial charge on any atom is -0.356 e. The zero-order valence-corrected chi connectivity index (χ0v) is 11.8. The third-order valence-corrected chi connectivity index (χ3v) is 4.66. The molecule has 1 N–H and O–H groups in total. The molecule has 0 bridgehead atoms. The van der Waals surface area contributed by atoms with E-state index in [1.54, 1.807) is 17.2 Å². The fraction of sp³-hybridized carbons (Fsp3) is 0.533. The van der Waals surface area contributed by atoms with Gasteiger partial charge in [-0.25, -0.2) is 0 Å². The summed E-state index contributed by atoms with van der Waals surface area (Å²) < 4.78 is 0. The lowest BCUT2D eigenvalue weighted by Crippen LogP contribution is -2.38. The number of aromatic nitrogens is 1. The topological polar surface area (TPSA) is 62.3 Å². The van der Waals surface area contributed by atoms with E-state index in [-0.39, 0.29) is 23.1 Å². The highest BCUT2D eigenvalue weighted by molar-refractivity contribution is 5.95. The van der Waals surface area contributed by atoms with Crippen molar-refractivity contribution in [3.63, 3.8) is 0 Å². The molecule has 2 saturated heterocycles. The molecule has 1 spiro atoms. The standard InChI is InChI=1S/C15H19N3O2/c1-10-8-18(9-15(10)5-6-16-14(15)20)13(19)12-4-3-11(2)17-7-12/h3-4,7,10H,5-6,8-9H2,1-2H3,(H,16,20)/t10-,15-/m1/s1. The van der Waals surface area contributed by atoms with Crippen LogP contribution in [0.4, 0.5) is 0 Å². The van der Waals surface area contributed by atoms with E-state index in [9.17, 15) is 9.59 Å². The summed E-state index contributed by atoms with van der Waals surface area (Å²) in [5.41, 5.74) is 1.11. The maximum atomic E-state index is 12.5. The van der Waals surface area contributed by atoms with Crippen LogP contribution < -0.4 is 5.32 Å². The number of amides is 2. The summed E-state index contributed by atoms with van der Waals surface area (Å²) in [7, 11) is 0. The van der Waals surface area contributed by atoms with E-state index in [4.69, 9.17) is 0 Å². The minimum absolute atomic E-state index is 0.0269. The van der Waals surface area contributed by atoms with Gasteiger partial charge in [0.2, 0.25) is 5.91 Å². The Balaban J connectivity index is 1.81. The minimum atomic E-state index is -0.381. The van der Waals surface area contributed by atoms with Crippen LogP contribution in [-0.2, 0) is 4.79 Å². The van der Waals surface area contributed by atoms with Crippen molar-refractivity contribution in [2.75, 3.05) is 19.6 Å². The number of rotatable bonds is 1. The molecule has 2 aliphatic heterocycles. The molecule has 5 nitrogen and oxygen atoms in total. The first-order chi connectivity index (χ1) is 9.53. The molecule has 0 unspecified atom stereocenters. The number of carbonyl (C=O) groups is 2. The Morgan fingerprint density at radius 3 is 2.90 bits per heavy atom. The third kappa shape index (κ3) is 1.88. The number of nitrogens with one attached hydrogen (secondary N) is 1. The quantitative estimate of drug-likeness (QED) is 0.830. The second kappa shape index (κ2) is 4.58. The van der Waals surface area contributed by atoms with Gasteiger partial charge in [-0.15, -0.1) is 0 Å². The molecular weight excluding hydrogens is 254 g/mol. The number of nitrogens with zero attached hydrogens (tertiary/aromatic N) is 2. The van der Waals surface area contributed by atoms with Crippen LogP contribution in [0, 0.1) is 18.3 Å². The van der Waals surface area contributed by atoms with Gasteiger partial charge in [-0.3, -0.25) is 14.6 Å². The Hall–Kier alpha value is -1.91. The van der Waals surface area contributed by atoms with Gasteiger partial charge in [-0.05, 0) is 31.4 Å². The van der Waals surface area contributed by atoms with Crippen LogP contribution in [-0.4, -0.2) is 41.3 Å². The number of carbonyl (C=O) groups excluding carboxylic acids is 2. The van der Waals surface area contributed by atoms with E-state index >= 15 is 0 Å². The van der Waals surface area contributed by atoms with E-state index < -0.39 is 0 Å². The summed E-state index contributed by atoms with van der Waals surface area (Å²) in [6, 6.07) is 3.64. The molecule has 2 fully saturated rings. The van der Waals surface area contributed by atoms with Crippen molar-refractivity contribution in [2.24, 2.45) is 11.3 Å². The molecule has 0 radical (unpaired) electrons. The lowest BCUT2D eigenvalue weighted by molar-refractivity contribution is -0.128. The number of likely N-dealkylation sites (tertiary alicyclic amines) is 1. The van der Waals surface area contributed by atoms with Crippen LogP contribution in [0.5, 0.6) is 0 Å². The maximum absolute atomic E-state index is 12.5. The van der Waals surface area contributed by atoms with Crippen LogP contribution in [0.1, 0.15) is 29.4 Å². The van der Waals surface area contributed by atoms with Crippen molar-refractivity contribution in [1.82, 2.24) is 15.2 Å². The molecule has 2 atom stereocenters. The van der Waals surface area contributed by atoms with E-state index in [1.165, 1.54) is 0 Å². The second-order valence-electron chi connectivity index (χ2n) is 5.94. The summed E-state index contributed by atoms with van der Waals surface area (Å²) >= 11 is 0. The number of aryl methyl sites for hydroxylation is 1. The lowest BCUT2D eigenvalue weighted by Gasteiger charge is -2.23. The Morgan fingerprint density at radius 1 is 1.50 bits per heavy atom. The first kappa shape index (κ1) is 13.1. The zero-order valence-electron chi connectivity index (χ0n) is 11.8. The molecule has 106 valence electrons. The van der Waals surface area contributed by atoms with Crippen molar-refractivity contribution in [1.29, 1.82) is 0 Å². The second-order valence-corrected chi connectivity index (χ2v) is 5.94. The van der Waals surface area contributed by atoms with Gasteiger partial charge in [0.05, 0.1) is 11.0 Å². The van der Waals surface area contributed by atoms with Crippen molar-refractivity contribution >= 4 is 11.8 Å². The lowest BCUT2D eigenvalue weighted by atomic mass is 9.78. The molecule has 3 heterocycles. The van der Waals surface area contributed by atoms with Gasteiger partial charge >= 0.3 is 0 Å². The van der Waals surface area contributed by atoms with Crippen LogP contribution in [0.2, 0.25) is 0 Å². The Bertz CT molecular complexity index is 555. The summed E-state index contributed by atoms with van der Waals surface area (Å²) in [6.07, 6.45) is 2.44. The molecule has 2 aliphatic rings. The molecule has 0 aliphatic carbocycles. The van der Waals surface area contributed by atoms with Crippen LogP contribution in [0.25, 0.3) is 0 Å². The van der Waals surface area contributed by atoms with Gasteiger partial charge in [0.1, 0.15) is 0 Å². The highest BCUT2D eigenvalue weighted by Crippen LogP contribution is 2.42. The fourth-order valence-electron chi connectivity index (χ4n) is 3.31. The van der Waals surface area contributed by atoms with Crippen LogP contribution in [0.3, 0.4) is 0 Å². The molecule has 5 heteroatoms. The van der Waals surface area contributed by atoms with Gasteiger partial charge in [-0.1, -0.05) is 6.92 Å². The van der Waals surface area contributed by atoms with Crippen molar-refractivity contribution in [2.45, 2.75) is 20.3 Å².